The first kappa shape index (κ1) is 23.8. The number of hydrogen-bond donors (Lipinski definition) is 1. The monoisotopic (exact) mass is 495 g/mol. The molecule has 12 heteroatoms. The Morgan fingerprint density at radius 2 is 1.86 bits per heavy atom. The van der Waals surface area contributed by atoms with Crippen molar-refractivity contribution in [3.8, 4) is 17.4 Å². The van der Waals surface area contributed by atoms with E-state index in [1.807, 2.05) is 37.8 Å². The number of aryl methyl sites for hydroxylation is 3. The first-order valence-electron chi connectivity index (χ1n) is 12.0. The van der Waals surface area contributed by atoms with E-state index in [2.05, 4.69) is 20.4 Å². The molecule has 12 nitrogen and oxygen atoms in total. The van der Waals surface area contributed by atoms with Crippen molar-refractivity contribution in [3.63, 3.8) is 0 Å². The van der Waals surface area contributed by atoms with Crippen molar-refractivity contribution in [2.24, 2.45) is 0 Å². The fourth-order valence-corrected chi connectivity index (χ4v) is 4.36. The third kappa shape index (κ3) is 5.18. The molecule has 3 aromatic heterocycles. The number of rotatable bonds is 4. The van der Waals surface area contributed by atoms with Crippen LogP contribution in [0.3, 0.4) is 0 Å². The van der Waals surface area contributed by atoms with Crippen LogP contribution in [-0.2, 0) is 9.47 Å². The standard InChI is InChI=1S/C24H29N7O5/c1-15-12-16(2)31(28-15)20-13-19(25-22(27-20)18-7-6-17(3)35-18)26-23(32)36-21-14-30(10-11-34-21)24(33)29-8-4-5-9-29/h6-7,12-13,21H,4-5,8-11,14H2,1-3H3,(H,25,26,27,32). The summed E-state index contributed by atoms with van der Waals surface area (Å²) in [4.78, 5) is 38.0. The van der Waals surface area contributed by atoms with Crippen LogP contribution in [0.2, 0.25) is 0 Å². The molecule has 3 amide bonds. The van der Waals surface area contributed by atoms with Gasteiger partial charge in [0.15, 0.2) is 17.4 Å². The van der Waals surface area contributed by atoms with E-state index in [0.29, 0.717) is 29.7 Å². The van der Waals surface area contributed by atoms with Gasteiger partial charge in [0.1, 0.15) is 11.6 Å². The predicted octanol–water partition coefficient (Wildman–Crippen LogP) is 3.27. The van der Waals surface area contributed by atoms with Gasteiger partial charge in [0.2, 0.25) is 6.29 Å². The van der Waals surface area contributed by atoms with Gasteiger partial charge in [-0.05, 0) is 51.8 Å². The van der Waals surface area contributed by atoms with Crippen LogP contribution in [0.5, 0.6) is 0 Å². The highest BCUT2D eigenvalue weighted by atomic mass is 16.7. The number of likely N-dealkylation sites (tertiary alicyclic amines) is 1. The largest absolute Gasteiger partial charge is 0.458 e. The Morgan fingerprint density at radius 1 is 1.06 bits per heavy atom. The molecule has 2 aliphatic heterocycles. The van der Waals surface area contributed by atoms with Crippen LogP contribution in [0.25, 0.3) is 17.4 Å². The number of morpholine rings is 1. The number of urea groups is 1. The van der Waals surface area contributed by atoms with Crippen molar-refractivity contribution in [2.45, 2.75) is 39.9 Å². The summed E-state index contributed by atoms with van der Waals surface area (Å²) in [5, 5.41) is 7.14. The lowest BCUT2D eigenvalue weighted by molar-refractivity contribution is -0.137. The zero-order valence-corrected chi connectivity index (χ0v) is 20.6. The summed E-state index contributed by atoms with van der Waals surface area (Å²) in [7, 11) is 0. The third-order valence-corrected chi connectivity index (χ3v) is 6.05. The predicted molar refractivity (Wildman–Crippen MR) is 129 cm³/mol. The van der Waals surface area contributed by atoms with Crippen LogP contribution in [-0.4, -0.2) is 80.7 Å². The van der Waals surface area contributed by atoms with Crippen molar-refractivity contribution in [2.75, 3.05) is 38.1 Å². The minimum atomic E-state index is -0.880. The van der Waals surface area contributed by atoms with Crippen molar-refractivity contribution in [1.29, 1.82) is 0 Å². The molecule has 0 spiro atoms. The summed E-state index contributed by atoms with van der Waals surface area (Å²) in [6.45, 7) is 8.05. The summed E-state index contributed by atoms with van der Waals surface area (Å²) < 4.78 is 18.4. The molecule has 0 saturated carbocycles. The Kier molecular flexibility index (Phi) is 6.59. The molecule has 36 heavy (non-hydrogen) atoms. The summed E-state index contributed by atoms with van der Waals surface area (Å²) in [5.74, 6) is 2.13. The molecule has 0 aliphatic carbocycles. The molecule has 2 aliphatic rings. The number of furan rings is 1. The summed E-state index contributed by atoms with van der Waals surface area (Å²) in [6.07, 6.45) is 0.387. The number of ether oxygens (including phenoxy) is 2. The smallest absolute Gasteiger partial charge is 0.415 e. The van der Waals surface area contributed by atoms with Gasteiger partial charge in [-0.25, -0.2) is 24.2 Å². The van der Waals surface area contributed by atoms with Gasteiger partial charge < -0.3 is 23.7 Å². The van der Waals surface area contributed by atoms with Crippen LogP contribution in [0.15, 0.2) is 28.7 Å². The van der Waals surface area contributed by atoms with Crippen LogP contribution < -0.4 is 5.32 Å². The van der Waals surface area contributed by atoms with Crippen LogP contribution >= 0.6 is 0 Å². The Morgan fingerprint density at radius 3 is 2.56 bits per heavy atom. The van der Waals surface area contributed by atoms with E-state index in [4.69, 9.17) is 13.9 Å². The quantitative estimate of drug-likeness (QED) is 0.584. The van der Waals surface area contributed by atoms with Crippen LogP contribution in [0, 0.1) is 20.8 Å². The highest BCUT2D eigenvalue weighted by molar-refractivity contribution is 5.84. The van der Waals surface area contributed by atoms with E-state index in [1.54, 1.807) is 21.7 Å². The van der Waals surface area contributed by atoms with E-state index >= 15 is 0 Å². The first-order chi connectivity index (χ1) is 17.4. The molecule has 5 rings (SSSR count). The minimum absolute atomic E-state index is 0.0477. The second-order valence-corrected chi connectivity index (χ2v) is 8.94. The SMILES string of the molecule is Cc1cc(C)n(-c2cc(NC(=O)OC3CN(C(=O)N4CCCC4)CCO3)nc(-c3ccc(C)o3)n2)n1. The van der Waals surface area contributed by atoms with Crippen LogP contribution in [0.4, 0.5) is 15.4 Å². The summed E-state index contributed by atoms with van der Waals surface area (Å²) >= 11 is 0. The topological polar surface area (TPSA) is 128 Å². The molecule has 1 unspecified atom stereocenters. The van der Waals surface area contributed by atoms with E-state index in [9.17, 15) is 9.59 Å². The van der Waals surface area contributed by atoms with Gasteiger partial charge in [0, 0.05) is 31.4 Å². The van der Waals surface area contributed by atoms with Gasteiger partial charge in [-0.15, -0.1) is 0 Å². The second-order valence-electron chi connectivity index (χ2n) is 8.94. The Balaban J connectivity index is 1.32. The van der Waals surface area contributed by atoms with E-state index in [1.165, 1.54) is 0 Å². The zero-order chi connectivity index (χ0) is 25.2. The van der Waals surface area contributed by atoms with E-state index in [0.717, 1.165) is 37.3 Å². The number of nitrogens with zero attached hydrogens (tertiary/aromatic N) is 6. The molecule has 190 valence electrons. The molecule has 2 fully saturated rings. The van der Waals surface area contributed by atoms with Crippen molar-refractivity contribution in [3.05, 3.63) is 41.4 Å². The molecule has 1 N–H and O–H groups in total. The minimum Gasteiger partial charge on any atom is -0.458 e. The van der Waals surface area contributed by atoms with Crippen molar-refractivity contribution < 1.29 is 23.5 Å². The van der Waals surface area contributed by atoms with E-state index in [-0.39, 0.29) is 25.0 Å². The van der Waals surface area contributed by atoms with Crippen LogP contribution in [0.1, 0.15) is 30.0 Å². The maximum atomic E-state index is 12.8. The number of aromatic nitrogens is 4. The molecule has 1 atom stereocenters. The molecule has 0 aromatic carbocycles. The molecule has 3 aromatic rings. The highest BCUT2D eigenvalue weighted by Gasteiger charge is 2.31. The maximum absolute atomic E-state index is 12.8. The van der Waals surface area contributed by atoms with Gasteiger partial charge in [-0.2, -0.15) is 5.10 Å². The number of nitrogens with one attached hydrogen (secondary N) is 1. The van der Waals surface area contributed by atoms with Gasteiger partial charge in [0.25, 0.3) is 0 Å². The van der Waals surface area contributed by atoms with Crippen molar-refractivity contribution in [1.82, 2.24) is 29.5 Å². The normalized spacial score (nSPS) is 17.9. The molecule has 2 saturated heterocycles. The second kappa shape index (κ2) is 9.97. The lowest BCUT2D eigenvalue weighted by Gasteiger charge is -2.34. The Hall–Kier alpha value is -3.93. The zero-order valence-electron chi connectivity index (χ0n) is 20.6. The molecule has 5 heterocycles. The first-order valence-corrected chi connectivity index (χ1v) is 12.0. The number of anilines is 1. The number of amides is 3. The highest BCUT2D eigenvalue weighted by Crippen LogP contribution is 2.23. The summed E-state index contributed by atoms with van der Waals surface area (Å²) in [6, 6.07) is 7.06. The third-order valence-electron chi connectivity index (χ3n) is 6.05. The van der Waals surface area contributed by atoms with E-state index < -0.39 is 12.4 Å². The van der Waals surface area contributed by atoms with Gasteiger partial charge in [0.05, 0.1) is 18.8 Å². The molecular weight excluding hydrogens is 466 g/mol. The average molecular weight is 496 g/mol. The molecular formula is C24H29N7O5. The Bertz CT molecular complexity index is 1260. The van der Waals surface area contributed by atoms with Gasteiger partial charge >= 0.3 is 12.1 Å². The number of carbonyl (C=O) groups excluding carboxylic acids is 2. The molecule has 0 bridgehead atoms. The Labute approximate surface area is 208 Å². The lowest BCUT2D eigenvalue weighted by Crippen LogP contribution is -2.51. The fourth-order valence-electron chi connectivity index (χ4n) is 4.36. The summed E-state index contributed by atoms with van der Waals surface area (Å²) in [5.41, 5.74) is 1.71. The number of carbonyl (C=O) groups is 2. The average Bonchev–Trinajstić information content (AvgIpc) is 3.60. The van der Waals surface area contributed by atoms with Gasteiger partial charge in [-0.3, -0.25) is 5.32 Å². The maximum Gasteiger partial charge on any atom is 0.415 e. The van der Waals surface area contributed by atoms with Crippen molar-refractivity contribution >= 4 is 17.9 Å². The fraction of sp³-hybridized carbons (Fsp3) is 0.458. The number of hydrogen-bond acceptors (Lipinski definition) is 8. The molecule has 0 radical (unpaired) electrons. The lowest BCUT2D eigenvalue weighted by atomic mass is 10.4. The van der Waals surface area contributed by atoms with Gasteiger partial charge in [-0.1, -0.05) is 0 Å².